The summed E-state index contributed by atoms with van der Waals surface area (Å²) in [6.07, 6.45) is 3.87. The Morgan fingerprint density at radius 3 is 3.07 bits per heavy atom. The topological polar surface area (TPSA) is 46.5 Å². The molecule has 2 rings (SSSR count). The molecule has 1 aromatic carbocycles. The first-order chi connectivity index (χ1) is 7.18. The summed E-state index contributed by atoms with van der Waals surface area (Å²) in [6, 6.07) is 5.49. The standard InChI is InChI=1S/C12H12O3/c1-8(12(13)14)9-4-5-11-10(7-9)3-2-6-15-11/h2-5,7-8H,6H2,1H3,(H,13,14). The van der Waals surface area contributed by atoms with Crippen LogP contribution >= 0.6 is 0 Å². The van der Waals surface area contributed by atoms with Crippen LogP contribution in [0.15, 0.2) is 24.3 Å². The van der Waals surface area contributed by atoms with Crippen molar-refractivity contribution in [1.29, 1.82) is 0 Å². The van der Waals surface area contributed by atoms with Crippen LogP contribution in [0.2, 0.25) is 0 Å². The number of rotatable bonds is 2. The number of ether oxygens (including phenoxy) is 1. The van der Waals surface area contributed by atoms with Crippen LogP contribution in [0.1, 0.15) is 24.0 Å². The minimum Gasteiger partial charge on any atom is -0.489 e. The lowest BCUT2D eigenvalue weighted by molar-refractivity contribution is -0.138. The molecule has 0 bridgehead atoms. The molecule has 1 aromatic rings. The van der Waals surface area contributed by atoms with Gasteiger partial charge < -0.3 is 9.84 Å². The Kier molecular flexibility index (Phi) is 2.46. The molecule has 0 spiro atoms. The fourth-order valence-corrected chi connectivity index (χ4v) is 1.55. The molecule has 0 amide bonds. The normalized spacial score (nSPS) is 15.3. The molecule has 3 nitrogen and oxygen atoms in total. The van der Waals surface area contributed by atoms with Gasteiger partial charge in [0.1, 0.15) is 12.4 Å². The van der Waals surface area contributed by atoms with E-state index >= 15 is 0 Å². The van der Waals surface area contributed by atoms with E-state index in [9.17, 15) is 4.79 Å². The minimum absolute atomic E-state index is 0.481. The molecule has 0 aromatic heterocycles. The Balaban J connectivity index is 2.37. The third-order valence-corrected chi connectivity index (χ3v) is 2.54. The summed E-state index contributed by atoms with van der Waals surface area (Å²) in [4.78, 5) is 10.8. The van der Waals surface area contributed by atoms with Gasteiger partial charge in [-0.15, -0.1) is 0 Å². The van der Waals surface area contributed by atoms with Gasteiger partial charge >= 0.3 is 5.97 Å². The molecule has 0 fully saturated rings. The van der Waals surface area contributed by atoms with Gasteiger partial charge in [-0.2, -0.15) is 0 Å². The highest BCUT2D eigenvalue weighted by atomic mass is 16.5. The predicted molar refractivity (Wildman–Crippen MR) is 57.0 cm³/mol. The van der Waals surface area contributed by atoms with Crippen LogP contribution in [-0.4, -0.2) is 17.7 Å². The first-order valence-electron chi connectivity index (χ1n) is 4.84. The third-order valence-electron chi connectivity index (χ3n) is 2.54. The molecule has 1 aliphatic heterocycles. The quantitative estimate of drug-likeness (QED) is 0.803. The number of hydrogen-bond donors (Lipinski definition) is 1. The van der Waals surface area contributed by atoms with Gasteiger partial charge in [0.15, 0.2) is 0 Å². The molecule has 1 atom stereocenters. The zero-order valence-electron chi connectivity index (χ0n) is 8.43. The van der Waals surface area contributed by atoms with Crippen molar-refractivity contribution in [3.05, 3.63) is 35.4 Å². The van der Waals surface area contributed by atoms with Crippen LogP contribution in [0.4, 0.5) is 0 Å². The molecule has 0 aliphatic carbocycles. The molecule has 1 unspecified atom stereocenters. The smallest absolute Gasteiger partial charge is 0.310 e. The van der Waals surface area contributed by atoms with E-state index in [-0.39, 0.29) is 0 Å². The summed E-state index contributed by atoms with van der Waals surface area (Å²) in [6.45, 7) is 2.26. The Morgan fingerprint density at radius 1 is 1.53 bits per heavy atom. The van der Waals surface area contributed by atoms with E-state index in [1.807, 2.05) is 24.3 Å². The first-order valence-corrected chi connectivity index (χ1v) is 4.84. The van der Waals surface area contributed by atoms with E-state index in [2.05, 4.69) is 0 Å². The average molecular weight is 204 g/mol. The van der Waals surface area contributed by atoms with Crippen LogP contribution in [0, 0.1) is 0 Å². The highest BCUT2D eigenvalue weighted by molar-refractivity contribution is 5.76. The molecule has 3 heteroatoms. The van der Waals surface area contributed by atoms with Gasteiger partial charge in [-0.25, -0.2) is 0 Å². The van der Waals surface area contributed by atoms with Gasteiger partial charge in [-0.1, -0.05) is 12.1 Å². The molecular formula is C12H12O3. The molecular weight excluding hydrogens is 192 g/mol. The number of benzene rings is 1. The summed E-state index contributed by atoms with van der Waals surface area (Å²) in [5, 5.41) is 8.89. The maximum Gasteiger partial charge on any atom is 0.310 e. The lowest BCUT2D eigenvalue weighted by Gasteiger charge is -2.14. The molecule has 1 heterocycles. The highest BCUT2D eigenvalue weighted by Gasteiger charge is 2.15. The molecule has 0 saturated heterocycles. The van der Waals surface area contributed by atoms with Gasteiger partial charge in [0.05, 0.1) is 5.92 Å². The van der Waals surface area contributed by atoms with E-state index in [1.165, 1.54) is 0 Å². The van der Waals surface area contributed by atoms with Crippen LogP contribution in [0.5, 0.6) is 5.75 Å². The van der Waals surface area contributed by atoms with Crippen molar-refractivity contribution in [1.82, 2.24) is 0 Å². The second-order valence-electron chi connectivity index (χ2n) is 3.57. The van der Waals surface area contributed by atoms with Crippen molar-refractivity contribution >= 4 is 12.0 Å². The Bertz CT molecular complexity index is 421. The lowest BCUT2D eigenvalue weighted by atomic mass is 9.98. The highest BCUT2D eigenvalue weighted by Crippen LogP contribution is 2.27. The summed E-state index contributed by atoms with van der Waals surface area (Å²) in [5.74, 6) is -0.472. The number of hydrogen-bond acceptors (Lipinski definition) is 2. The zero-order chi connectivity index (χ0) is 10.8. The van der Waals surface area contributed by atoms with Crippen LogP contribution in [-0.2, 0) is 4.79 Å². The second-order valence-corrected chi connectivity index (χ2v) is 3.57. The molecule has 1 aliphatic rings. The number of carboxylic acids is 1. The fraction of sp³-hybridized carbons (Fsp3) is 0.250. The number of carboxylic acid groups (broad SMARTS) is 1. The molecule has 0 radical (unpaired) electrons. The average Bonchev–Trinajstić information content (AvgIpc) is 2.27. The molecule has 15 heavy (non-hydrogen) atoms. The van der Waals surface area contributed by atoms with E-state index in [4.69, 9.17) is 9.84 Å². The van der Waals surface area contributed by atoms with Crippen molar-refractivity contribution in [3.63, 3.8) is 0 Å². The van der Waals surface area contributed by atoms with Crippen molar-refractivity contribution < 1.29 is 14.6 Å². The summed E-state index contributed by atoms with van der Waals surface area (Å²) in [5.41, 5.74) is 1.75. The molecule has 1 N–H and O–H groups in total. The van der Waals surface area contributed by atoms with Gasteiger partial charge in [0.25, 0.3) is 0 Å². The first kappa shape index (κ1) is 9.77. The van der Waals surface area contributed by atoms with Crippen molar-refractivity contribution in [3.8, 4) is 5.75 Å². The minimum atomic E-state index is -0.810. The van der Waals surface area contributed by atoms with E-state index in [0.29, 0.717) is 6.61 Å². The van der Waals surface area contributed by atoms with Crippen molar-refractivity contribution in [2.24, 2.45) is 0 Å². The van der Waals surface area contributed by atoms with Crippen LogP contribution in [0.3, 0.4) is 0 Å². The van der Waals surface area contributed by atoms with Gasteiger partial charge in [0.2, 0.25) is 0 Å². The van der Waals surface area contributed by atoms with Crippen LogP contribution in [0.25, 0.3) is 6.08 Å². The number of carbonyl (C=O) groups is 1. The molecule has 78 valence electrons. The largest absolute Gasteiger partial charge is 0.489 e. The van der Waals surface area contributed by atoms with Crippen molar-refractivity contribution in [2.75, 3.05) is 6.61 Å². The SMILES string of the molecule is CC(C(=O)O)c1ccc2c(c1)C=CCO2. The zero-order valence-corrected chi connectivity index (χ0v) is 8.43. The van der Waals surface area contributed by atoms with Gasteiger partial charge in [0, 0.05) is 5.56 Å². The fourth-order valence-electron chi connectivity index (χ4n) is 1.55. The van der Waals surface area contributed by atoms with Crippen molar-refractivity contribution in [2.45, 2.75) is 12.8 Å². The number of aliphatic carboxylic acids is 1. The predicted octanol–water partition coefficient (Wildman–Crippen LogP) is 2.28. The maximum absolute atomic E-state index is 10.8. The Hall–Kier alpha value is -1.77. The van der Waals surface area contributed by atoms with E-state index < -0.39 is 11.9 Å². The summed E-state index contributed by atoms with van der Waals surface area (Å²) < 4.78 is 5.38. The Morgan fingerprint density at radius 2 is 2.33 bits per heavy atom. The maximum atomic E-state index is 10.8. The third kappa shape index (κ3) is 1.86. The lowest BCUT2D eigenvalue weighted by Crippen LogP contribution is -2.08. The van der Waals surface area contributed by atoms with Crippen LogP contribution < -0.4 is 4.74 Å². The summed E-state index contributed by atoms with van der Waals surface area (Å²) in [7, 11) is 0. The molecule has 0 saturated carbocycles. The van der Waals surface area contributed by atoms with Gasteiger partial charge in [-0.3, -0.25) is 4.79 Å². The van der Waals surface area contributed by atoms with Gasteiger partial charge in [-0.05, 0) is 30.7 Å². The summed E-state index contributed by atoms with van der Waals surface area (Å²) >= 11 is 0. The van der Waals surface area contributed by atoms with E-state index in [0.717, 1.165) is 16.9 Å². The van der Waals surface area contributed by atoms with E-state index in [1.54, 1.807) is 13.0 Å². The number of fused-ring (bicyclic) bond motifs is 1. The second kappa shape index (κ2) is 3.77. The Labute approximate surface area is 88.0 Å². The monoisotopic (exact) mass is 204 g/mol.